The van der Waals surface area contributed by atoms with E-state index in [1.165, 1.54) is 17.5 Å². The van der Waals surface area contributed by atoms with Gasteiger partial charge in [0.15, 0.2) is 0 Å². The Hall–Kier alpha value is -1.02. The van der Waals surface area contributed by atoms with Crippen LogP contribution in [0.3, 0.4) is 0 Å². The van der Waals surface area contributed by atoms with Crippen molar-refractivity contribution in [1.29, 1.82) is 0 Å². The number of rotatable bonds is 1. The average molecular weight is 217 g/mol. The lowest BCUT2D eigenvalue weighted by molar-refractivity contribution is 0.291. The lowest BCUT2D eigenvalue weighted by Crippen LogP contribution is -2.18. The molecule has 1 N–H and O–H groups in total. The Bertz CT molecular complexity index is 405. The standard InChI is InChI=1S/C14H19NO/c1-14(2)9-16-13-4-3-10(7-12(13)14)11-5-6-15-8-11/h3-4,7,11,15H,5-6,8-9H2,1-2H3. The number of hydrogen-bond acceptors (Lipinski definition) is 2. The van der Waals surface area contributed by atoms with Gasteiger partial charge in [-0.05, 0) is 30.5 Å². The van der Waals surface area contributed by atoms with Gasteiger partial charge < -0.3 is 10.1 Å². The first-order valence-electron chi connectivity index (χ1n) is 6.15. The normalized spacial score (nSPS) is 26.5. The summed E-state index contributed by atoms with van der Waals surface area (Å²) in [7, 11) is 0. The molecule has 0 aliphatic carbocycles. The molecule has 3 rings (SSSR count). The Morgan fingerprint density at radius 2 is 2.25 bits per heavy atom. The second-order valence-electron chi connectivity index (χ2n) is 5.62. The fraction of sp³-hybridized carbons (Fsp3) is 0.571. The van der Waals surface area contributed by atoms with Crippen LogP contribution in [0.5, 0.6) is 5.75 Å². The average Bonchev–Trinajstić information content (AvgIpc) is 2.87. The first-order valence-corrected chi connectivity index (χ1v) is 6.15. The number of nitrogens with one attached hydrogen (secondary N) is 1. The van der Waals surface area contributed by atoms with Gasteiger partial charge in [-0.1, -0.05) is 26.0 Å². The molecule has 0 amide bonds. The van der Waals surface area contributed by atoms with Crippen molar-refractivity contribution < 1.29 is 4.74 Å². The Morgan fingerprint density at radius 1 is 1.38 bits per heavy atom. The van der Waals surface area contributed by atoms with Crippen LogP contribution in [0, 0.1) is 0 Å². The van der Waals surface area contributed by atoms with Crippen LogP contribution >= 0.6 is 0 Å². The van der Waals surface area contributed by atoms with E-state index in [1.54, 1.807) is 0 Å². The quantitative estimate of drug-likeness (QED) is 0.780. The first kappa shape index (κ1) is 10.2. The van der Waals surface area contributed by atoms with Gasteiger partial charge in [0.25, 0.3) is 0 Å². The molecule has 1 unspecified atom stereocenters. The zero-order chi connectivity index (χ0) is 11.2. The van der Waals surface area contributed by atoms with Gasteiger partial charge >= 0.3 is 0 Å². The maximum Gasteiger partial charge on any atom is 0.123 e. The van der Waals surface area contributed by atoms with Crippen molar-refractivity contribution in [3.8, 4) is 5.75 Å². The summed E-state index contributed by atoms with van der Waals surface area (Å²) in [6, 6.07) is 6.75. The maximum absolute atomic E-state index is 5.72. The molecule has 0 spiro atoms. The summed E-state index contributed by atoms with van der Waals surface area (Å²) in [6.45, 7) is 7.61. The highest BCUT2D eigenvalue weighted by molar-refractivity contribution is 5.46. The molecule has 0 bridgehead atoms. The summed E-state index contributed by atoms with van der Waals surface area (Å²) in [6.07, 6.45) is 1.26. The van der Waals surface area contributed by atoms with Crippen molar-refractivity contribution in [2.75, 3.05) is 19.7 Å². The third-order valence-corrected chi connectivity index (χ3v) is 3.85. The summed E-state index contributed by atoms with van der Waals surface area (Å²) in [5.41, 5.74) is 3.04. The van der Waals surface area contributed by atoms with Gasteiger partial charge in [-0.2, -0.15) is 0 Å². The molecular formula is C14H19NO. The van der Waals surface area contributed by atoms with Crippen LogP contribution in [-0.2, 0) is 5.41 Å². The van der Waals surface area contributed by atoms with E-state index in [4.69, 9.17) is 4.74 Å². The third-order valence-electron chi connectivity index (χ3n) is 3.85. The molecule has 1 aromatic carbocycles. The van der Waals surface area contributed by atoms with Crippen LogP contribution in [-0.4, -0.2) is 19.7 Å². The Kier molecular flexibility index (Phi) is 2.21. The Labute approximate surface area is 97.0 Å². The molecule has 0 aromatic heterocycles. The van der Waals surface area contributed by atoms with Crippen molar-refractivity contribution in [2.45, 2.75) is 31.6 Å². The van der Waals surface area contributed by atoms with Crippen molar-refractivity contribution >= 4 is 0 Å². The molecule has 0 radical (unpaired) electrons. The largest absolute Gasteiger partial charge is 0.492 e. The van der Waals surface area contributed by atoms with Gasteiger partial charge in [-0.3, -0.25) is 0 Å². The van der Waals surface area contributed by atoms with Gasteiger partial charge in [-0.15, -0.1) is 0 Å². The van der Waals surface area contributed by atoms with E-state index >= 15 is 0 Å². The molecule has 2 heteroatoms. The molecule has 1 atom stereocenters. The second-order valence-corrected chi connectivity index (χ2v) is 5.62. The molecule has 16 heavy (non-hydrogen) atoms. The van der Waals surface area contributed by atoms with Gasteiger partial charge in [0.05, 0.1) is 6.61 Å². The topological polar surface area (TPSA) is 21.3 Å². The second kappa shape index (κ2) is 3.49. The summed E-state index contributed by atoms with van der Waals surface area (Å²) >= 11 is 0. The van der Waals surface area contributed by atoms with E-state index in [2.05, 4.69) is 37.4 Å². The van der Waals surface area contributed by atoms with E-state index in [0.29, 0.717) is 5.92 Å². The highest BCUT2D eigenvalue weighted by Gasteiger charge is 2.32. The molecule has 2 aliphatic rings. The molecule has 86 valence electrons. The lowest BCUT2D eigenvalue weighted by Gasteiger charge is -2.17. The van der Waals surface area contributed by atoms with Crippen molar-refractivity contribution in [2.24, 2.45) is 0 Å². The van der Waals surface area contributed by atoms with E-state index in [0.717, 1.165) is 25.4 Å². The number of fused-ring (bicyclic) bond motifs is 1. The fourth-order valence-corrected chi connectivity index (χ4v) is 2.73. The van der Waals surface area contributed by atoms with Crippen molar-refractivity contribution in [1.82, 2.24) is 5.32 Å². The lowest BCUT2D eigenvalue weighted by atomic mass is 9.84. The molecule has 2 heterocycles. The zero-order valence-electron chi connectivity index (χ0n) is 10.0. The third kappa shape index (κ3) is 1.52. The molecule has 0 saturated carbocycles. The minimum absolute atomic E-state index is 0.178. The van der Waals surface area contributed by atoms with E-state index in [-0.39, 0.29) is 5.41 Å². The number of ether oxygens (including phenoxy) is 1. The van der Waals surface area contributed by atoms with Crippen LogP contribution in [0.1, 0.15) is 37.3 Å². The van der Waals surface area contributed by atoms with Gasteiger partial charge in [0.1, 0.15) is 5.75 Å². The molecule has 1 fully saturated rings. The fourth-order valence-electron chi connectivity index (χ4n) is 2.73. The van der Waals surface area contributed by atoms with Crippen LogP contribution < -0.4 is 10.1 Å². The molecule has 2 nitrogen and oxygen atoms in total. The minimum Gasteiger partial charge on any atom is -0.492 e. The number of benzene rings is 1. The molecule has 1 aromatic rings. The van der Waals surface area contributed by atoms with E-state index in [1.807, 2.05) is 0 Å². The summed E-state index contributed by atoms with van der Waals surface area (Å²) in [5.74, 6) is 1.78. The maximum atomic E-state index is 5.72. The molecular weight excluding hydrogens is 198 g/mol. The van der Waals surface area contributed by atoms with Crippen LogP contribution in [0.2, 0.25) is 0 Å². The summed E-state index contributed by atoms with van der Waals surface area (Å²) in [4.78, 5) is 0. The van der Waals surface area contributed by atoms with Crippen molar-refractivity contribution in [3.05, 3.63) is 29.3 Å². The predicted octanol–water partition coefficient (Wildman–Crippen LogP) is 2.43. The van der Waals surface area contributed by atoms with Gasteiger partial charge in [0, 0.05) is 17.5 Å². The van der Waals surface area contributed by atoms with Gasteiger partial charge in [-0.25, -0.2) is 0 Å². The smallest absolute Gasteiger partial charge is 0.123 e. The SMILES string of the molecule is CC1(C)COc2ccc(C3CCNC3)cc21. The predicted molar refractivity (Wildman–Crippen MR) is 65.2 cm³/mol. The Morgan fingerprint density at radius 3 is 3.00 bits per heavy atom. The minimum atomic E-state index is 0.178. The van der Waals surface area contributed by atoms with Crippen LogP contribution in [0.15, 0.2) is 18.2 Å². The number of hydrogen-bond donors (Lipinski definition) is 1. The highest BCUT2D eigenvalue weighted by atomic mass is 16.5. The highest BCUT2D eigenvalue weighted by Crippen LogP contribution is 2.40. The van der Waals surface area contributed by atoms with Crippen LogP contribution in [0.25, 0.3) is 0 Å². The molecule has 1 saturated heterocycles. The summed E-state index contributed by atoms with van der Waals surface area (Å²) in [5, 5.41) is 3.43. The summed E-state index contributed by atoms with van der Waals surface area (Å²) < 4.78 is 5.72. The van der Waals surface area contributed by atoms with Crippen molar-refractivity contribution in [3.63, 3.8) is 0 Å². The first-order chi connectivity index (χ1) is 7.67. The van der Waals surface area contributed by atoms with Crippen LogP contribution in [0.4, 0.5) is 0 Å². The monoisotopic (exact) mass is 217 g/mol. The van der Waals surface area contributed by atoms with E-state index in [9.17, 15) is 0 Å². The zero-order valence-corrected chi connectivity index (χ0v) is 10.0. The molecule has 2 aliphatic heterocycles. The van der Waals surface area contributed by atoms with E-state index < -0.39 is 0 Å². The Balaban J connectivity index is 1.98. The van der Waals surface area contributed by atoms with Gasteiger partial charge in [0.2, 0.25) is 0 Å².